The average molecular weight is 186 g/mol. The first-order chi connectivity index (χ1) is 6.06. The maximum absolute atomic E-state index is 5.48. The van der Waals surface area contributed by atoms with Gasteiger partial charge in [0.25, 0.3) is 0 Å². The number of hydrogen-bond acceptors (Lipinski definition) is 3. The van der Waals surface area contributed by atoms with Crippen LogP contribution in [0.15, 0.2) is 0 Å². The quantitative estimate of drug-likeness (QED) is 0.644. The first-order valence-corrected chi connectivity index (χ1v) is 4.99. The molecule has 0 amide bonds. The Labute approximate surface area is 81.7 Å². The van der Waals surface area contributed by atoms with Gasteiger partial charge in [0.1, 0.15) is 0 Å². The summed E-state index contributed by atoms with van der Waals surface area (Å²) in [4.78, 5) is 4.73. The smallest absolute Gasteiger partial charge is 0.0865 e. The average Bonchev–Trinajstić information content (AvgIpc) is 2.47. The van der Waals surface area contributed by atoms with E-state index in [2.05, 4.69) is 37.7 Å². The van der Waals surface area contributed by atoms with Crippen LogP contribution in [0.25, 0.3) is 0 Å². The third-order valence-electron chi connectivity index (χ3n) is 2.96. The predicted octanol–water partition coefficient (Wildman–Crippen LogP) is 0.656. The molecule has 13 heavy (non-hydrogen) atoms. The van der Waals surface area contributed by atoms with Crippen LogP contribution in [0.5, 0.6) is 0 Å². The normalized spacial score (nSPS) is 30.7. The van der Waals surface area contributed by atoms with Gasteiger partial charge in [-0.1, -0.05) is 0 Å². The molecule has 0 aromatic heterocycles. The van der Waals surface area contributed by atoms with Crippen LogP contribution in [0, 0.1) is 0 Å². The van der Waals surface area contributed by atoms with E-state index in [-0.39, 0.29) is 0 Å². The fourth-order valence-electron chi connectivity index (χ4n) is 1.93. The third-order valence-corrected chi connectivity index (χ3v) is 2.96. The van der Waals surface area contributed by atoms with Gasteiger partial charge in [-0.05, 0) is 27.9 Å². The van der Waals surface area contributed by atoms with Crippen LogP contribution in [0.4, 0.5) is 0 Å². The van der Waals surface area contributed by atoms with Gasteiger partial charge in [0.05, 0.1) is 6.10 Å². The van der Waals surface area contributed by atoms with Crippen LogP contribution in [-0.4, -0.2) is 62.3 Å². The van der Waals surface area contributed by atoms with E-state index >= 15 is 0 Å². The molecule has 0 aromatic carbocycles. The molecule has 1 aliphatic heterocycles. The molecule has 3 nitrogen and oxygen atoms in total. The number of methoxy groups -OCH3 is 1. The maximum atomic E-state index is 5.48. The summed E-state index contributed by atoms with van der Waals surface area (Å²) < 4.78 is 5.48. The molecular weight excluding hydrogens is 164 g/mol. The Balaban J connectivity index is 2.56. The second-order valence-corrected chi connectivity index (χ2v) is 4.35. The van der Waals surface area contributed by atoms with E-state index in [1.165, 1.54) is 0 Å². The van der Waals surface area contributed by atoms with Crippen LogP contribution in [-0.2, 0) is 4.74 Å². The SMILES string of the molecule is COC1CN(C(C)C)CC1N(C)C. The molecule has 0 radical (unpaired) electrons. The monoisotopic (exact) mass is 186 g/mol. The van der Waals surface area contributed by atoms with Gasteiger partial charge < -0.3 is 9.64 Å². The van der Waals surface area contributed by atoms with Crippen molar-refractivity contribution in [3.8, 4) is 0 Å². The van der Waals surface area contributed by atoms with Gasteiger partial charge in [-0.25, -0.2) is 0 Å². The van der Waals surface area contributed by atoms with E-state index in [0.717, 1.165) is 13.1 Å². The Morgan fingerprint density at radius 1 is 1.31 bits per heavy atom. The highest BCUT2D eigenvalue weighted by molar-refractivity contribution is 4.91. The van der Waals surface area contributed by atoms with Gasteiger partial charge in [-0.3, -0.25) is 4.90 Å². The molecule has 0 aliphatic carbocycles. The lowest BCUT2D eigenvalue weighted by Gasteiger charge is -2.24. The fraction of sp³-hybridized carbons (Fsp3) is 1.00. The molecular formula is C10H22N2O. The molecule has 1 heterocycles. The zero-order chi connectivity index (χ0) is 10.0. The van der Waals surface area contributed by atoms with E-state index in [0.29, 0.717) is 18.2 Å². The lowest BCUT2D eigenvalue weighted by molar-refractivity contribution is 0.0606. The van der Waals surface area contributed by atoms with E-state index in [1.807, 2.05) is 7.11 Å². The Hall–Kier alpha value is -0.120. The van der Waals surface area contributed by atoms with Gasteiger partial charge in [0, 0.05) is 32.3 Å². The van der Waals surface area contributed by atoms with Crippen molar-refractivity contribution in [2.24, 2.45) is 0 Å². The number of ether oxygens (including phenoxy) is 1. The van der Waals surface area contributed by atoms with Crippen LogP contribution in [0.1, 0.15) is 13.8 Å². The summed E-state index contributed by atoms with van der Waals surface area (Å²) in [6.45, 7) is 6.68. The molecule has 0 aromatic rings. The van der Waals surface area contributed by atoms with Crippen molar-refractivity contribution in [2.75, 3.05) is 34.3 Å². The molecule has 1 fully saturated rings. The third kappa shape index (κ3) is 2.42. The van der Waals surface area contributed by atoms with Gasteiger partial charge in [-0.2, -0.15) is 0 Å². The minimum Gasteiger partial charge on any atom is -0.378 e. The van der Waals surface area contributed by atoms with Gasteiger partial charge >= 0.3 is 0 Å². The fourth-order valence-corrected chi connectivity index (χ4v) is 1.93. The number of nitrogens with zero attached hydrogens (tertiary/aromatic N) is 2. The highest BCUT2D eigenvalue weighted by Crippen LogP contribution is 2.18. The minimum atomic E-state index is 0.373. The highest BCUT2D eigenvalue weighted by atomic mass is 16.5. The molecule has 0 spiro atoms. The Bertz CT molecular complexity index is 159. The maximum Gasteiger partial charge on any atom is 0.0865 e. The second kappa shape index (κ2) is 4.40. The zero-order valence-corrected chi connectivity index (χ0v) is 9.45. The summed E-state index contributed by atoms with van der Waals surface area (Å²) >= 11 is 0. The minimum absolute atomic E-state index is 0.373. The lowest BCUT2D eigenvalue weighted by Crippen LogP contribution is -2.39. The molecule has 1 rings (SSSR count). The Morgan fingerprint density at radius 2 is 1.92 bits per heavy atom. The number of likely N-dealkylation sites (N-methyl/N-ethyl adjacent to an activating group) is 1. The van der Waals surface area contributed by atoms with Crippen molar-refractivity contribution in [1.82, 2.24) is 9.80 Å². The summed E-state index contributed by atoms with van der Waals surface area (Å²) in [7, 11) is 6.06. The lowest BCUT2D eigenvalue weighted by atomic mass is 10.2. The van der Waals surface area contributed by atoms with E-state index in [1.54, 1.807) is 0 Å². The summed E-state index contributed by atoms with van der Waals surface area (Å²) in [5.41, 5.74) is 0. The van der Waals surface area contributed by atoms with Gasteiger partial charge in [0.2, 0.25) is 0 Å². The second-order valence-electron chi connectivity index (χ2n) is 4.35. The first-order valence-electron chi connectivity index (χ1n) is 4.99. The number of likely N-dealkylation sites (tertiary alicyclic amines) is 1. The first kappa shape index (κ1) is 11.0. The van der Waals surface area contributed by atoms with Crippen LogP contribution < -0.4 is 0 Å². The van der Waals surface area contributed by atoms with E-state index in [9.17, 15) is 0 Å². The van der Waals surface area contributed by atoms with Crippen LogP contribution in [0.3, 0.4) is 0 Å². The van der Waals surface area contributed by atoms with Crippen molar-refractivity contribution in [2.45, 2.75) is 32.0 Å². The highest BCUT2D eigenvalue weighted by Gasteiger charge is 2.34. The van der Waals surface area contributed by atoms with Crippen molar-refractivity contribution in [3.05, 3.63) is 0 Å². The summed E-state index contributed by atoms with van der Waals surface area (Å²) in [5.74, 6) is 0. The van der Waals surface area contributed by atoms with Crippen LogP contribution in [0.2, 0.25) is 0 Å². The standard InChI is InChI=1S/C10H22N2O/c1-8(2)12-6-9(11(3)4)10(7-12)13-5/h8-10H,6-7H2,1-5H3. The molecule has 2 unspecified atom stereocenters. The predicted molar refractivity (Wildman–Crippen MR) is 55.0 cm³/mol. The molecule has 0 saturated carbocycles. The molecule has 2 atom stereocenters. The van der Waals surface area contributed by atoms with Crippen molar-refractivity contribution < 1.29 is 4.74 Å². The van der Waals surface area contributed by atoms with E-state index in [4.69, 9.17) is 4.74 Å². The van der Waals surface area contributed by atoms with Crippen LogP contribution >= 0.6 is 0 Å². The summed E-state index contributed by atoms with van der Waals surface area (Å²) in [6, 6.07) is 1.18. The van der Waals surface area contributed by atoms with Gasteiger partial charge in [-0.15, -0.1) is 0 Å². The molecule has 1 aliphatic rings. The summed E-state index contributed by atoms with van der Waals surface area (Å²) in [6.07, 6.45) is 0.373. The molecule has 0 N–H and O–H groups in total. The topological polar surface area (TPSA) is 15.7 Å². The number of rotatable bonds is 3. The van der Waals surface area contributed by atoms with Crippen molar-refractivity contribution in [1.29, 1.82) is 0 Å². The van der Waals surface area contributed by atoms with Gasteiger partial charge in [0.15, 0.2) is 0 Å². The zero-order valence-electron chi connectivity index (χ0n) is 9.45. The molecule has 3 heteroatoms. The molecule has 1 saturated heterocycles. The van der Waals surface area contributed by atoms with Crippen molar-refractivity contribution >= 4 is 0 Å². The molecule has 78 valence electrons. The molecule has 0 bridgehead atoms. The summed E-state index contributed by atoms with van der Waals surface area (Å²) in [5, 5.41) is 0. The Kier molecular flexibility index (Phi) is 3.71. The number of hydrogen-bond donors (Lipinski definition) is 0. The van der Waals surface area contributed by atoms with E-state index < -0.39 is 0 Å². The van der Waals surface area contributed by atoms with Crippen molar-refractivity contribution in [3.63, 3.8) is 0 Å². The largest absolute Gasteiger partial charge is 0.378 e. The Morgan fingerprint density at radius 3 is 2.23 bits per heavy atom.